The van der Waals surface area contributed by atoms with Crippen LogP contribution >= 0.6 is 0 Å². The van der Waals surface area contributed by atoms with Crippen molar-refractivity contribution >= 4 is 51.8 Å². The Hall–Kier alpha value is -1.20. The van der Waals surface area contributed by atoms with Crippen molar-refractivity contribution in [3.63, 3.8) is 0 Å². The van der Waals surface area contributed by atoms with Gasteiger partial charge in [-0.15, -0.1) is 0 Å². The third-order valence-corrected chi connectivity index (χ3v) is 6.38. The van der Waals surface area contributed by atoms with E-state index in [1.165, 1.54) is 25.0 Å². The van der Waals surface area contributed by atoms with Crippen LogP contribution in [0, 0.1) is 11.2 Å². The zero-order chi connectivity index (χ0) is 19.8. The second-order valence-corrected chi connectivity index (χ2v) is 8.91. The van der Waals surface area contributed by atoms with Gasteiger partial charge in [0.05, 0.1) is 29.9 Å². The van der Waals surface area contributed by atoms with Gasteiger partial charge in [-0.25, -0.2) is 4.39 Å². The maximum absolute atomic E-state index is 13.3. The van der Waals surface area contributed by atoms with Crippen LogP contribution in [0.3, 0.4) is 0 Å². The number of hydrogen-bond acceptors (Lipinski definition) is 6. The Morgan fingerprint density at radius 2 is 2.03 bits per heavy atom. The summed E-state index contributed by atoms with van der Waals surface area (Å²) in [4.78, 5) is 11.4. The van der Waals surface area contributed by atoms with Crippen LogP contribution < -0.4 is 4.74 Å². The molecule has 30 heavy (non-hydrogen) atoms. The van der Waals surface area contributed by atoms with Gasteiger partial charge in [0, 0.05) is 64.5 Å². The Morgan fingerprint density at radius 3 is 2.80 bits per heavy atom. The predicted molar refractivity (Wildman–Crippen MR) is 109 cm³/mol. The molecule has 1 saturated heterocycles. The largest absolute Gasteiger partial charge is 0.609 e. The fourth-order valence-corrected chi connectivity index (χ4v) is 4.23. The molecule has 2 aromatic heterocycles. The number of pyridine rings is 1. The summed E-state index contributed by atoms with van der Waals surface area (Å²) in [5.74, 6) is 0.391. The van der Waals surface area contributed by atoms with Crippen LogP contribution in [0.15, 0.2) is 41.7 Å². The molecule has 7 nitrogen and oxygen atoms in total. The Balaban J connectivity index is 0.00000218. The molecule has 2 aliphatic rings. The van der Waals surface area contributed by atoms with E-state index in [1.54, 1.807) is 24.4 Å². The van der Waals surface area contributed by atoms with Crippen LogP contribution in [0.25, 0.3) is 11.0 Å². The quantitative estimate of drug-likeness (QED) is 0.468. The number of nitrogens with zero attached hydrogens (tertiary/aromatic N) is 2. The second kappa shape index (κ2) is 9.12. The number of aromatic nitrogens is 3. The van der Waals surface area contributed by atoms with Gasteiger partial charge in [-0.05, 0) is 31.0 Å². The molecule has 2 fully saturated rings. The molecule has 5 rings (SSSR count). The third-order valence-electron chi connectivity index (χ3n) is 5.20. The molecule has 0 bridgehead atoms. The standard InChI is InChI=1S/C20H20FN3O4S.Na/c21-13-1-2-16-17(7-13)24-19(23-16)29(25)10-14-8-15(3-6-22-14)26-9-18-27-11-20(4-5-20)12-28-18;/h1-3,6-8,18H,4-5,9-12H2,(H,23,24);. The number of aromatic amines is 1. The summed E-state index contributed by atoms with van der Waals surface area (Å²) in [7, 11) is 0. The zero-order valence-corrected chi connectivity index (χ0v) is 19.4. The van der Waals surface area contributed by atoms with Crippen molar-refractivity contribution in [2.75, 3.05) is 19.8 Å². The molecule has 1 aromatic carbocycles. The topological polar surface area (TPSA) is 92.3 Å². The van der Waals surface area contributed by atoms with Crippen LogP contribution in [0.4, 0.5) is 4.39 Å². The van der Waals surface area contributed by atoms with Crippen molar-refractivity contribution in [2.24, 2.45) is 5.41 Å². The number of nitrogens with one attached hydrogen (secondary N) is 1. The molecule has 1 atom stereocenters. The number of benzene rings is 1. The van der Waals surface area contributed by atoms with Gasteiger partial charge in [-0.2, -0.15) is 4.98 Å². The van der Waals surface area contributed by atoms with Gasteiger partial charge in [0.1, 0.15) is 18.2 Å². The molecule has 1 unspecified atom stereocenters. The summed E-state index contributed by atoms with van der Waals surface area (Å²) in [6.07, 6.45) is 3.58. The van der Waals surface area contributed by atoms with Crippen molar-refractivity contribution in [3.8, 4) is 5.75 Å². The molecule has 3 aromatic rings. The van der Waals surface area contributed by atoms with Gasteiger partial charge in [-0.3, -0.25) is 9.97 Å². The van der Waals surface area contributed by atoms with Gasteiger partial charge in [0.2, 0.25) is 0 Å². The molecule has 153 valence electrons. The average Bonchev–Trinajstić information content (AvgIpc) is 3.34. The molecule has 1 aliphatic carbocycles. The van der Waals surface area contributed by atoms with Gasteiger partial charge in [0.15, 0.2) is 12.0 Å². The minimum atomic E-state index is -1.45. The van der Waals surface area contributed by atoms with Crippen molar-refractivity contribution in [3.05, 3.63) is 48.0 Å². The van der Waals surface area contributed by atoms with Crippen LogP contribution in [-0.2, 0) is 26.4 Å². The fraction of sp³-hybridized carbons (Fsp3) is 0.400. The Kier molecular flexibility index (Phi) is 6.69. The number of ether oxygens (including phenoxy) is 3. The number of hydrogen-bond donors (Lipinski definition) is 1. The Morgan fingerprint density at radius 1 is 1.23 bits per heavy atom. The van der Waals surface area contributed by atoms with Crippen molar-refractivity contribution in [1.82, 2.24) is 15.0 Å². The summed E-state index contributed by atoms with van der Waals surface area (Å²) >= 11 is -1.45. The van der Waals surface area contributed by atoms with E-state index in [0.717, 1.165) is 13.2 Å². The first-order valence-corrected chi connectivity index (χ1v) is 10.8. The van der Waals surface area contributed by atoms with Gasteiger partial charge in [0.25, 0.3) is 0 Å². The van der Waals surface area contributed by atoms with Crippen molar-refractivity contribution in [1.29, 1.82) is 0 Å². The van der Waals surface area contributed by atoms with Gasteiger partial charge >= 0.3 is 5.16 Å². The van der Waals surface area contributed by atoms with E-state index >= 15 is 0 Å². The third kappa shape index (κ3) is 4.99. The van der Waals surface area contributed by atoms with E-state index in [4.69, 9.17) is 14.2 Å². The number of fused-ring (bicyclic) bond motifs is 1. The Labute approximate surface area is 198 Å². The number of rotatable bonds is 6. The maximum Gasteiger partial charge on any atom is 0.322 e. The average molecular weight is 440 g/mol. The summed E-state index contributed by atoms with van der Waals surface area (Å²) < 4.78 is 43.2. The normalized spacial score (nSPS) is 18.9. The van der Waals surface area contributed by atoms with Crippen LogP contribution in [0.5, 0.6) is 5.75 Å². The summed E-state index contributed by atoms with van der Waals surface area (Å²) in [5, 5.41) is 0.289. The summed E-state index contributed by atoms with van der Waals surface area (Å²) in [6, 6.07) is 7.69. The van der Waals surface area contributed by atoms with E-state index in [1.807, 2.05) is 0 Å². The molecule has 10 heteroatoms. The van der Waals surface area contributed by atoms with Crippen LogP contribution in [0.2, 0.25) is 0 Å². The molecule has 0 amide bonds. The fourth-order valence-electron chi connectivity index (χ4n) is 3.25. The molecule has 1 radical (unpaired) electrons. The molecule has 1 N–H and O–H groups in total. The molecular formula is C20H20FN3NaO4S. The zero-order valence-electron chi connectivity index (χ0n) is 16.6. The minimum Gasteiger partial charge on any atom is -0.609 e. The van der Waals surface area contributed by atoms with E-state index in [-0.39, 0.29) is 64.6 Å². The van der Waals surface area contributed by atoms with Crippen LogP contribution in [-0.4, -0.2) is 75.2 Å². The first kappa shape index (κ1) is 22.0. The first-order valence-electron chi connectivity index (χ1n) is 9.43. The number of halogens is 1. The number of imidazole rings is 1. The number of H-pyrrole nitrogens is 1. The first-order chi connectivity index (χ1) is 14.1. The van der Waals surface area contributed by atoms with E-state index in [9.17, 15) is 8.94 Å². The van der Waals surface area contributed by atoms with Crippen LogP contribution in [0.1, 0.15) is 18.5 Å². The van der Waals surface area contributed by atoms with Crippen molar-refractivity contribution < 1.29 is 23.2 Å². The minimum absolute atomic E-state index is 0. The summed E-state index contributed by atoms with van der Waals surface area (Å²) in [5.41, 5.74) is 1.95. The molecule has 1 aliphatic heterocycles. The van der Waals surface area contributed by atoms with Gasteiger partial charge < -0.3 is 18.8 Å². The summed E-state index contributed by atoms with van der Waals surface area (Å²) in [6.45, 7) is 1.74. The van der Waals surface area contributed by atoms with Crippen molar-refractivity contribution in [2.45, 2.75) is 30.0 Å². The van der Waals surface area contributed by atoms with E-state index in [2.05, 4.69) is 15.0 Å². The maximum atomic E-state index is 13.3. The SMILES string of the molecule is [Na].[O-][S+](Cc1cc(OCC2OCC3(CC3)CO2)ccn1)c1nc2cc(F)ccc2[nH]1. The molecule has 1 spiro atoms. The predicted octanol–water partition coefficient (Wildman–Crippen LogP) is 2.56. The van der Waals surface area contributed by atoms with E-state index < -0.39 is 11.2 Å². The molecule has 1 saturated carbocycles. The molecule has 3 heterocycles. The smallest absolute Gasteiger partial charge is 0.322 e. The second-order valence-electron chi connectivity index (χ2n) is 7.54. The Bertz CT molecular complexity index is 1020. The molecular weight excluding hydrogens is 420 g/mol. The van der Waals surface area contributed by atoms with E-state index in [0.29, 0.717) is 22.5 Å². The van der Waals surface area contributed by atoms with Gasteiger partial charge in [-0.1, -0.05) is 0 Å². The monoisotopic (exact) mass is 440 g/mol.